The Morgan fingerprint density at radius 2 is 2.06 bits per heavy atom. The van der Waals surface area contributed by atoms with Crippen molar-refractivity contribution < 1.29 is 9.84 Å². The maximum Gasteiger partial charge on any atom is 0.125 e. The van der Waals surface area contributed by atoms with Gasteiger partial charge < -0.3 is 9.84 Å². The molecular formula is C14H16O2. The second-order valence-electron chi connectivity index (χ2n) is 4.83. The van der Waals surface area contributed by atoms with E-state index in [1.165, 1.54) is 0 Å². The van der Waals surface area contributed by atoms with E-state index in [1.54, 1.807) is 0 Å². The molecule has 1 heterocycles. The fourth-order valence-electron chi connectivity index (χ4n) is 2.72. The number of hydrogen-bond acceptors (Lipinski definition) is 2. The van der Waals surface area contributed by atoms with Gasteiger partial charge in [-0.25, -0.2) is 0 Å². The van der Waals surface area contributed by atoms with Gasteiger partial charge in [0.25, 0.3) is 0 Å². The maximum absolute atomic E-state index is 10.4. The molecule has 0 aromatic heterocycles. The van der Waals surface area contributed by atoms with Crippen molar-refractivity contribution in [3.63, 3.8) is 0 Å². The molecule has 1 saturated carbocycles. The monoisotopic (exact) mass is 216 g/mol. The molecule has 0 saturated heterocycles. The predicted molar refractivity (Wildman–Crippen MR) is 62.6 cm³/mol. The van der Waals surface area contributed by atoms with Gasteiger partial charge in [0.2, 0.25) is 0 Å². The van der Waals surface area contributed by atoms with Crippen LogP contribution in [0.1, 0.15) is 25.3 Å². The molecule has 0 unspecified atom stereocenters. The zero-order valence-electron chi connectivity index (χ0n) is 9.39. The first-order valence-electron chi connectivity index (χ1n) is 5.86. The van der Waals surface area contributed by atoms with Gasteiger partial charge in [0.1, 0.15) is 11.9 Å². The quantitative estimate of drug-likeness (QED) is 0.781. The highest BCUT2D eigenvalue weighted by atomic mass is 16.5. The van der Waals surface area contributed by atoms with Gasteiger partial charge in [0.05, 0.1) is 5.60 Å². The predicted octanol–water partition coefficient (Wildman–Crippen LogP) is 2.59. The van der Waals surface area contributed by atoms with Gasteiger partial charge in [0, 0.05) is 11.5 Å². The maximum atomic E-state index is 10.4. The summed E-state index contributed by atoms with van der Waals surface area (Å²) in [6.07, 6.45) is 3.94. The molecule has 2 aliphatic rings. The Labute approximate surface area is 95.6 Å². The van der Waals surface area contributed by atoms with Crippen molar-refractivity contribution in [3.8, 4) is 0 Å². The topological polar surface area (TPSA) is 29.5 Å². The minimum absolute atomic E-state index is 0.110. The first-order chi connectivity index (χ1) is 7.69. The standard InChI is InChI=1S/C14H16O2/c1-10-12-7-8-14(12,15)9-13(16-10)11-5-3-2-4-6-11/h2-6,9-10,12,15H,7-8H2,1H3/t10-,12+,14+/m0/s1. The molecule has 3 rings (SSSR count). The van der Waals surface area contributed by atoms with Crippen LogP contribution in [0.5, 0.6) is 0 Å². The number of ether oxygens (including phenoxy) is 1. The number of rotatable bonds is 1. The van der Waals surface area contributed by atoms with E-state index in [0.29, 0.717) is 0 Å². The molecule has 1 fully saturated rings. The van der Waals surface area contributed by atoms with E-state index in [-0.39, 0.29) is 12.0 Å². The average molecular weight is 216 g/mol. The summed E-state index contributed by atoms with van der Waals surface area (Å²) in [4.78, 5) is 0. The van der Waals surface area contributed by atoms with Crippen LogP contribution in [0.3, 0.4) is 0 Å². The number of fused-ring (bicyclic) bond motifs is 1. The molecule has 0 bridgehead atoms. The molecular weight excluding hydrogens is 200 g/mol. The molecule has 84 valence electrons. The van der Waals surface area contributed by atoms with Gasteiger partial charge >= 0.3 is 0 Å². The van der Waals surface area contributed by atoms with E-state index in [4.69, 9.17) is 4.74 Å². The van der Waals surface area contributed by atoms with Crippen LogP contribution in [-0.4, -0.2) is 16.8 Å². The first kappa shape index (κ1) is 9.91. The highest BCUT2D eigenvalue weighted by molar-refractivity contribution is 5.62. The Kier molecular flexibility index (Phi) is 2.08. The fourth-order valence-corrected chi connectivity index (χ4v) is 2.72. The number of aliphatic hydroxyl groups is 1. The summed E-state index contributed by atoms with van der Waals surface area (Å²) < 4.78 is 5.87. The van der Waals surface area contributed by atoms with E-state index in [1.807, 2.05) is 43.3 Å². The van der Waals surface area contributed by atoms with Crippen LogP contribution < -0.4 is 0 Å². The third-order valence-corrected chi connectivity index (χ3v) is 3.82. The van der Waals surface area contributed by atoms with Crippen LogP contribution in [0.4, 0.5) is 0 Å². The molecule has 16 heavy (non-hydrogen) atoms. The molecule has 0 spiro atoms. The molecule has 1 aromatic carbocycles. The Bertz CT molecular complexity index is 424. The average Bonchev–Trinajstić information content (AvgIpc) is 2.26. The van der Waals surface area contributed by atoms with Crippen molar-refractivity contribution in [2.24, 2.45) is 5.92 Å². The van der Waals surface area contributed by atoms with Crippen molar-refractivity contribution in [1.29, 1.82) is 0 Å². The van der Waals surface area contributed by atoms with Crippen molar-refractivity contribution in [3.05, 3.63) is 42.0 Å². The van der Waals surface area contributed by atoms with Gasteiger partial charge in [-0.15, -0.1) is 0 Å². The summed E-state index contributed by atoms with van der Waals surface area (Å²) >= 11 is 0. The van der Waals surface area contributed by atoms with Gasteiger partial charge in [-0.3, -0.25) is 0 Å². The lowest BCUT2D eigenvalue weighted by Gasteiger charge is -2.49. The minimum Gasteiger partial charge on any atom is -0.490 e. The normalized spacial score (nSPS) is 36.8. The molecule has 2 heteroatoms. The van der Waals surface area contributed by atoms with Gasteiger partial charge in [-0.05, 0) is 25.8 Å². The van der Waals surface area contributed by atoms with Crippen LogP contribution in [0.15, 0.2) is 36.4 Å². The second kappa shape index (κ2) is 3.36. The van der Waals surface area contributed by atoms with Crippen LogP contribution in [0.2, 0.25) is 0 Å². The first-order valence-corrected chi connectivity index (χ1v) is 5.86. The summed E-state index contributed by atoms with van der Waals surface area (Å²) in [6.45, 7) is 2.05. The molecule has 1 aliphatic carbocycles. The molecule has 0 radical (unpaired) electrons. The van der Waals surface area contributed by atoms with Crippen LogP contribution >= 0.6 is 0 Å². The third-order valence-electron chi connectivity index (χ3n) is 3.82. The summed E-state index contributed by atoms with van der Waals surface area (Å²) in [5, 5.41) is 10.4. The zero-order valence-corrected chi connectivity index (χ0v) is 9.39. The number of benzene rings is 1. The number of hydrogen-bond donors (Lipinski definition) is 1. The summed E-state index contributed by atoms with van der Waals surface area (Å²) in [7, 11) is 0. The van der Waals surface area contributed by atoms with Gasteiger partial charge in [-0.1, -0.05) is 30.3 Å². The molecule has 0 amide bonds. The van der Waals surface area contributed by atoms with E-state index in [9.17, 15) is 5.11 Å². The van der Waals surface area contributed by atoms with Gasteiger partial charge in [-0.2, -0.15) is 0 Å². The Balaban J connectivity index is 1.97. The lowest BCUT2D eigenvalue weighted by Crippen LogP contribution is -2.53. The Hall–Kier alpha value is -1.28. The third kappa shape index (κ3) is 1.37. The van der Waals surface area contributed by atoms with Crippen LogP contribution in [-0.2, 0) is 4.74 Å². The molecule has 1 N–H and O–H groups in total. The van der Waals surface area contributed by atoms with Crippen molar-refractivity contribution in [1.82, 2.24) is 0 Å². The SMILES string of the molecule is C[C@@H]1OC(c2ccccc2)=C[C@]2(O)CC[C@H]12. The highest BCUT2D eigenvalue weighted by Crippen LogP contribution is 2.48. The van der Waals surface area contributed by atoms with E-state index in [2.05, 4.69) is 0 Å². The Morgan fingerprint density at radius 1 is 1.31 bits per heavy atom. The molecule has 1 aliphatic heterocycles. The highest BCUT2D eigenvalue weighted by Gasteiger charge is 2.50. The lowest BCUT2D eigenvalue weighted by molar-refractivity contribution is -0.114. The minimum atomic E-state index is -0.622. The zero-order chi connectivity index (χ0) is 11.2. The van der Waals surface area contributed by atoms with Crippen molar-refractivity contribution >= 4 is 5.76 Å². The van der Waals surface area contributed by atoms with E-state index < -0.39 is 5.60 Å². The largest absolute Gasteiger partial charge is 0.490 e. The van der Waals surface area contributed by atoms with Crippen LogP contribution in [0, 0.1) is 5.92 Å². The molecule has 3 atom stereocenters. The van der Waals surface area contributed by atoms with Crippen molar-refractivity contribution in [2.45, 2.75) is 31.5 Å². The molecule has 2 nitrogen and oxygen atoms in total. The van der Waals surface area contributed by atoms with E-state index >= 15 is 0 Å². The van der Waals surface area contributed by atoms with Crippen molar-refractivity contribution in [2.75, 3.05) is 0 Å². The smallest absolute Gasteiger partial charge is 0.125 e. The Morgan fingerprint density at radius 3 is 2.62 bits per heavy atom. The second-order valence-corrected chi connectivity index (χ2v) is 4.83. The summed E-state index contributed by atoms with van der Waals surface area (Å²) in [5.41, 5.74) is 0.427. The summed E-state index contributed by atoms with van der Waals surface area (Å²) in [6, 6.07) is 9.99. The van der Waals surface area contributed by atoms with E-state index in [0.717, 1.165) is 24.2 Å². The summed E-state index contributed by atoms with van der Waals surface area (Å²) in [5.74, 6) is 1.10. The van der Waals surface area contributed by atoms with Gasteiger partial charge in [0.15, 0.2) is 0 Å². The fraction of sp³-hybridized carbons (Fsp3) is 0.429. The molecule has 1 aromatic rings. The lowest BCUT2D eigenvalue weighted by atomic mass is 9.65. The van der Waals surface area contributed by atoms with Crippen LogP contribution in [0.25, 0.3) is 5.76 Å².